The molecule has 1 fully saturated rings. The van der Waals surface area contributed by atoms with Crippen LogP contribution in [0.1, 0.15) is 23.5 Å². The third kappa shape index (κ3) is 3.44. The number of rotatable bonds is 5. The molecular weight excluding hydrogens is 340 g/mol. The van der Waals surface area contributed by atoms with Crippen LogP contribution in [0.3, 0.4) is 0 Å². The minimum absolute atomic E-state index is 0.234. The van der Waals surface area contributed by atoms with Crippen LogP contribution in [-0.4, -0.2) is 64.4 Å². The summed E-state index contributed by atoms with van der Waals surface area (Å²) in [5.74, 6) is 0.234. The first-order chi connectivity index (χ1) is 11.8. The van der Waals surface area contributed by atoms with Gasteiger partial charge in [0, 0.05) is 50.8 Å². The maximum atomic E-state index is 12.3. The molecule has 1 saturated heterocycles. The maximum Gasteiger partial charge on any atom is 0.281 e. The van der Waals surface area contributed by atoms with Crippen LogP contribution in [-0.2, 0) is 16.6 Å². The second-order valence-corrected chi connectivity index (χ2v) is 8.81. The zero-order valence-corrected chi connectivity index (χ0v) is 15.8. The van der Waals surface area contributed by atoms with Crippen molar-refractivity contribution in [3.05, 3.63) is 29.5 Å². The SMILES string of the molecule is Cc1n[nH]c(C)c1-c1nccnc1CC1CCN(S(=O)(=O)N(C)C)C1. The summed E-state index contributed by atoms with van der Waals surface area (Å²) in [5.41, 5.74) is 4.56. The number of H-pyrrole nitrogens is 1. The Balaban J connectivity index is 1.82. The smallest absolute Gasteiger partial charge is 0.281 e. The number of hydrogen-bond donors (Lipinski definition) is 1. The predicted molar refractivity (Wildman–Crippen MR) is 95.1 cm³/mol. The number of nitrogens with one attached hydrogen (secondary N) is 1. The molecular formula is C16H24N6O2S. The summed E-state index contributed by atoms with van der Waals surface area (Å²) in [7, 11) is -0.226. The second kappa shape index (κ2) is 6.81. The van der Waals surface area contributed by atoms with E-state index in [1.165, 1.54) is 4.31 Å². The summed E-state index contributed by atoms with van der Waals surface area (Å²) >= 11 is 0. The lowest BCUT2D eigenvalue weighted by atomic mass is 9.98. The van der Waals surface area contributed by atoms with Gasteiger partial charge in [0.05, 0.1) is 17.1 Å². The van der Waals surface area contributed by atoms with Gasteiger partial charge in [0.15, 0.2) is 0 Å². The third-order valence-corrected chi connectivity index (χ3v) is 6.56. The molecule has 0 bridgehead atoms. The zero-order valence-electron chi connectivity index (χ0n) is 15.0. The number of aryl methyl sites for hydroxylation is 2. The highest BCUT2D eigenvalue weighted by Crippen LogP contribution is 2.29. The monoisotopic (exact) mass is 364 g/mol. The molecule has 1 atom stereocenters. The van der Waals surface area contributed by atoms with Crippen molar-refractivity contribution in [2.24, 2.45) is 5.92 Å². The van der Waals surface area contributed by atoms with Crippen LogP contribution in [0.5, 0.6) is 0 Å². The molecule has 0 aliphatic carbocycles. The largest absolute Gasteiger partial charge is 0.282 e. The van der Waals surface area contributed by atoms with Crippen LogP contribution in [0, 0.1) is 19.8 Å². The Morgan fingerprint density at radius 2 is 2.00 bits per heavy atom. The van der Waals surface area contributed by atoms with Gasteiger partial charge in [0.2, 0.25) is 0 Å². The Hall–Kier alpha value is -1.84. The Morgan fingerprint density at radius 1 is 1.28 bits per heavy atom. The van der Waals surface area contributed by atoms with E-state index in [-0.39, 0.29) is 5.92 Å². The van der Waals surface area contributed by atoms with Gasteiger partial charge in [-0.15, -0.1) is 0 Å². The molecule has 25 heavy (non-hydrogen) atoms. The van der Waals surface area contributed by atoms with Crippen LogP contribution in [0.15, 0.2) is 12.4 Å². The Bertz CT molecular complexity index is 842. The van der Waals surface area contributed by atoms with Crippen molar-refractivity contribution < 1.29 is 8.42 Å². The van der Waals surface area contributed by atoms with E-state index in [2.05, 4.69) is 20.2 Å². The van der Waals surface area contributed by atoms with E-state index >= 15 is 0 Å². The molecule has 3 heterocycles. The molecule has 1 aliphatic rings. The zero-order chi connectivity index (χ0) is 18.2. The fraction of sp³-hybridized carbons (Fsp3) is 0.562. The molecule has 136 valence electrons. The van der Waals surface area contributed by atoms with Gasteiger partial charge < -0.3 is 0 Å². The molecule has 1 aliphatic heterocycles. The molecule has 0 amide bonds. The molecule has 0 spiro atoms. The van der Waals surface area contributed by atoms with Crippen LogP contribution in [0.25, 0.3) is 11.3 Å². The van der Waals surface area contributed by atoms with Crippen molar-refractivity contribution in [3.8, 4) is 11.3 Å². The molecule has 1 N–H and O–H groups in total. The van der Waals surface area contributed by atoms with Crippen LogP contribution in [0.2, 0.25) is 0 Å². The van der Waals surface area contributed by atoms with Gasteiger partial charge in [-0.2, -0.15) is 22.1 Å². The number of nitrogens with zero attached hydrogens (tertiary/aromatic N) is 5. The average molecular weight is 364 g/mol. The van der Waals surface area contributed by atoms with Gasteiger partial charge in [0.1, 0.15) is 0 Å². The highest BCUT2D eigenvalue weighted by molar-refractivity contribution is 7.86. The van der Waals surface area contributed by atoms with Gasteiger partial charge in [-0.3, -0.25) is 15.1 Å². The Morgan fingerprint density at radius 3 is 2.64 bits per heavy atom. The van der Waals surface area contributed by atoms with Crippen molar-refractivity contribution in [2.45, 2.75) is 26.7 Å². The minimum Gasteiger partial charge on any atom is -0.282 e. The van der Waals surface area contributed by atoms with E-state index in [1.54, 1.807) is 30.8 Å². The summed E-state index contributed by atoms with van der Waals surface area (Å²) in [6, 6.07) is 0. The van der Waals surface area contributed by atoms with Crippen molar-refractivity contribution in [1.82, 2.24) is 28.8 Å². The average Bonchev–Trinajstić information content (AvgIpc) is 3.16. The summed E-state index contributed by atoms with van der Waals surface area (Å²) < 4.78 is 27.4. The lowest BCUT2D eigenvalue weighted by Gasteiger charge is -2.21. The van der Waals surface area contributed by atoms with Gasteiger partial charge in [-0.05, 0) is 32.6 Å². The van der Waals surface area contributed by atoms with Crippen molar-refractivity contribution in [1.29, 1.82) is 0 Å². The quantitative estimate of drug-likeness (QED) is 0.859. The molecule has 2 aromatic rings. The number of aromatic nitrogens is 4. The maximum absolute atomic E-state index is 12.3. The van der Waals surface area contributed by atoms with Gasteiger partial charge >= 0.3 is 0 Å². The van der Waals surface area contributed by atoms with Gasteiger partial charge in [-0.1, -0.05) is 0 Å². The highest BCUT2D eigenvalue weighted by Gasteiger charge is 2.33. The summed E-state index contributed by atoms with van der Waals surface area (Å²) in [4.78, 5) is 9.04. The highest BCUT2D eigenvalue weighted by atomic mass is 32.2. The fourth-order valence-electron chi connectivity index (χ4n) is 3.30. The lowest BCUT2D eigenvalue weighted by Crippen LogP contribution is -2.38. The normalized spacial score (nSPS) is 19.0. The summed E-state index contributed by atoms with van der Waals surface area (Å²) in [6.07, 6.45) is 4.90. The molecule has 9 heteroatoms. The topological polar surface area (TPSA) is 95.1 Å². The number of hydrogen-bond acceptors (Lipinski definition) is 5. The fourth-order valence-corrected chi connectivity index (χ4v) is 4.50. The van der Waals surface area contributed by atoms with Crippen molar-refractivity contribution in [3.63, 3.8) is 0 Å². The van der Waals surface area contributed by atoms with Crippen LogP contribution < -0.4 is 0 Å². The van der Waals surface area contributed by atoms with Crippen molar-refractivity contribution in [2.75, 3.05) is 27.2 Å². The molecule has 2 aromatic heterocycles. The van der Waals surface area contributed by atoms with E-state index in [0.29, 0.717) is 19.5 Å². The van der Waals surface area contributed by atoms with E-state index in [9.17, 15) is 8.42 Å². The first kappa shape index (κ1) is 18.0. The lowest BCUT2D eigenvalue weighted by molar-refractivity contribution is 0.409. The van der Waals surface area contributed by atoms with E-state index in [0.717, 1.165) is 34.8 Å². The van der Waals surface area contributed by atoms with Gasteiger partial charge in [0.25, 0.3) is 10.2 Å². The predicted octanol–water partition coefficient (Wildman–Crippen LogP) is 1.15. The van der Waals surface area contributed by atoms with Crippen molar-refractivity contribution >= 4 is 10.2 Å². The standard InChI is InChI=1S/C16H24N6O2S/c1-11-15(12(2)20-19-11)16-14(17-6-7-18-16)9-13-5-8-22(10-13)25(23,24)21(3)4/h6-7,13H,5,8-10H2,1-4H3,(H,19,20). The summed E-state index contributed by atoms with van der Waals surface area (Å²) in [5, 5.41) is 7.23. The third-order valence-electron chi connectivity index (χ3n) is 4.66. The first-order valence-corrected chi connectivity index (χ1v) is 9.69. The first-order valence-electron chi connectivity index (χ1n) is 8.30. The second-order valence-electron chi connectivity index (χ2n) is 6.67. The van der Waals surface area contributed by atoms with E-state index in [1.807, 2.05) is 13.8 Å². The van der Waals surface area contributed by atoms with E-state index < -0.39 is 10.2 Å². The number of aromatic amines is 1. The van der Waals surface area contributed by atoms with E-state index in [4.69, 9.17) is 0 Å². The molecule has 0 radical (unpaired) electrons. The van der Waals surface area contributed by atoms with Crippen LogP contribution in [0.4, 0.5) is 0 Å². The van der Waals surface area contributed by atoms with Gasteiger partial charge in [-0.25, -0.2) is 0 Å². The molecule has 0 aromatic carbocycles. The summed E-state index contributed by atoms with van der Waals surface area (Å²) in [6.45, 7) is 4.97. The molecule has 3 rings (SSSR count). The molecule has 0 saturated carbocycles. The Labute approximate surface area is 148 Å². The van der Waals surface area contributed by atoms with Crippen LogP contribution >= 0.6 is 0 Å². The molecule has 8 nitrogen and oxygen atoms in total. The molecule has 1 unspecified atom stereocenters. The Kier molecular flexibility index (Phi) is 4.90. The minimum atomic E-state index is -3.35.